The van der Waals surface area contributed by atoms with Gasteiger partial charge in [0.25, 0.3) is 0 Å². The van der Waals surface area contributed by atoms with Crippen molar-refractivity contribution in [1.29, 1.82) is 0 Å². The molecule has 3 heteroatoms. The second kappa shape index (κ2) is 4.95. The number of aryl methyl sites for hydroxylation is 2. The average Bonchev–Trinajstić information content (AvgIpc) is 2.31. The van der Waals surface area contributed by atoms with Crippen molar-refractivity contribution in [3.8, 4) is 0 Å². The predicted octanol–water partition coefficient (Wildman–Crippen LogP) is 4.35. The molecule has 0 amide bonds. The van der Waals surface area contributed by atoms with Gasteiger partial charge in [-0.25, -0.2) is 4.39 Å². The van der Waals surface area contributed by atoms with Crippen LogP contribution in [-0.4, -0.2) is 5.11 Å². The summed E-state index contributed by atoms with van der Waals surface area (Å²) in [6.45, 7) is 5.54. The van der Waals surface area contributed by atoms with Gasteiger partial charge in [-0.05, 0) is 44.5 Å². The Bertz CT molecular complexity index is 600. The normalized spacial score (nSPS) is 14.2. The monoisotopic (exact) mass is 278 g/mol. The van der Waals surface area contributed by atoms with Crippen molar-refractivity contribution in [3.05, 3.63) is 69.5 Å². The van der Waals surface area contributed by atoms with Gasteiger partial charge in [-0.15, -0.1) is 0 Å². The zero-order chi connectivity index (χ0) is 14.2. The zero-order valence-electron chi connectivity index (χ0n) is 11.2. The molecule has 0 bridgehead atoms. The molecule has 1 atom stereocenters. The number of aliphatic hydroxyl groups is 1. The maximum absolute atomic E-state index is 13.4. The van der Waals surface area contributed by atoms with Gasteiger partial charge in [-0.2, -0.15) is 0 Å². The highest BCUT2D eigenvalue weighted by Gasteiger charge is 2.28. The molecule has 19 heavy (non-hydrogen) atoms. The van der Waals surface area contributed by atoms with Gasteiger partial charge in [0.15, 0.2) is 0 Å². The Balaban J connectivity index is 2.60. The largest absolute Gasteiger partial charge is 0.381 e. The third kappa shape index (κ3) is 2.80. The van der Waals surface area contributed by atoms with Gasteiger partial charge in [0.1, 0.15) is 11.4 Å². The number of halogens is 2. The Morgan fingerprint density at radius 3 is 2.21 bits per heavy atom. The number of benzene rings is 2. The smallest absolute Gasteiger partial charge is 0.123 e. The first-order valence-electron chi connectivity index (χ1n) is 6.07. The van der Waals surface area contributed by atoms with Crippen LogP contribution in [0.15, 0.2) is 36.4 Å². The van der Waals surface area contributed by atoms with E-state index < -0.39 is 11.4 Å². The average molecular weight is 279 g/mol. The van der Waals surface area contributed by atoms with E-state index in [1.807, 2.05) is 32.0 Å². The fraction of sp³-hybridized carbons (Fsp3) is 0.250. The standard InChI is InChI=1S/C16H16ClFO/c1-10-6-11(2)8-12(7-10)16(3,19)14-9-13(18)4-5-15(14)17/h4-9,19H,1-3H3. The van der Waals surface area contributed by atoms with Gasteiger partial charge in [0.05, 0.1) is 0 Å². The van der Waals surface area contributed by atoms with Crippen LogP contribution in [0.5, 0.6) is 0 Å². The summed E-state index contributed by atoms with van der Waals surface area (Å²) in [5.74, 6) is -0.413. The molecule has 0 fully saturated rings. The first-order chi connectivity index (χ1) is 8.80. The van der Waals surface area contributed by atoms with Crippen LogP contribution in [0.1, 0.15) is 29.2 Å². The van der Waals surface area contributed by atoms with Crippen LogP contribution in [-0.2, 0) is 5.60 Å². The SMILES string of the molecule is Cc1cc(C)cc(C(C)(O)c2cc(F)ccc2Cl)c1. The molecule has 0 saturated carbocycles. The molecule has 0 aliphatic carbocycles. The van der Waals surface area contributed by atoms with Crippen LogP contribution >= 0.6 is 11.6 Å². The number of rotatable bonds is 2. The third-order valence-corrected chi connectivity index (χ3v) is 3.57. The molecule has 0 heterocycles. The summed E-state index contributed by atoms with van der Waals surface area (Å²) in [6.07, 6.45) is 0. The van der Waals surface area contributed by atoms with Crippen molar-refractivity contribution in [3.63, 3.8) is 0 Å². The molecule has 1 N–H and O–H groups in total. The van der Waals surface area contributed by atoms with E-state index in [9.17, 15) is 9.50 Å². The van der Waals surface area contributed by atoms with Gasteiger partial charge in [0, 0.05) is 10.6 Å². The van der Waals surface area contributed by atoms with Crippen molar-refractivity contribution in [2.75, 3.05) is 0 Å². The minimum atomic E-state index is -1.32. The van der Waals surface area contributed by atoms with Crippen molar-refractivity contribution in [1.82, 2.24) is 0 Å². The van der Waals surface area contributed by atoms with Crippen molar-refractivity contribution >= 4 is 11.6 Å². The van der Waals surface area contributed by atoms with Gasteiger partial charge in [-0.1, -0.05) is 40.9 Å². The topological polar surface area (TPSA) is 20.2 Å². The second-order valence-electron chi connectivity index (χ2n) is 5.07. The molecule has 2 aromatic rings. The first-order valence-corrected chi connectivity index (χ1v) is 6.45. The minimum absolute atomic E-state index is 0.352. The van der Waals surface area contributed by atoms with Crippen molar-refractivity contribution in [2.45, 2.75) is 26.4 Å². The van der Waals surface area contributed by atoms with Crippen molar-refractivity contribution < 1.29 is 9.50 Å². The molecule has 2 aromatic carbocycles. The fourth-order valence-electron chi connectivity index (χ4n) is 2.28. The Morgan fingerprint density at radius 2 is 1.63 bits per heavy atom. The molecule has 100 valence electrons. The molecule has 1 nitrogen and oxygen atoms in total. The molecule has 2 rings (SSSR count). The zero-order valence-corrected chi connectivity index (χ0v) is 11.9. The summed E-state index contributed by atoms with van der Waals surface area (Å²) in [5.41, 5.74) is 1.85. The van der Waals surface area contributed by atoms with E-state index in [4.69, 9.17) is 11.6 Å². The van der Waals surface area contributed by atoms with E-state index in [2.05, 4.69) is 0 Å². The Labute approximate surface area is 117 Å². The Morgan fingerprint density at radius 1 is 1.05 bits per heavy atom. The predicted molar refractivity (Wildman–Crippen MR) is 76.0 cm³/mol. The van der Waals surface area contributed by atoms with E-state index in [1.54, 1.807) is 6.92 Å². The van der Waals surface area contributed by atoms with Crippen LogP contribution in [0.25, 0.3) is 0 Å². The fourth-order valence-corrected chi connectivity index (χ4v) is 2.58. The lowest BCUT2D eigenvalue weighted by Gasteiger charge is -2.26. The maximum atomic E-state index is 13.4. The summed E-state index contributed by atoms with van der Waals surface area (Å²) in [5, 5.41) is 11.1. The van der Waals surface area contributed by atoms with E-state index in [-0.39, 0.29) is 0 Å². The summed E-state index contributed by atoms with van der Waals surface area (Å²) in [7, 11) is 0. The molecule has 1 unspecified atom stereocenters. The number of hydrogen-bond acceptors (Lipinski definition) is 1. The molecule has 0 aromatic heterocycles. The second-order valence-corrected chi connectivity index (χ2v) is 5.48. The highest BCUT2D eigenvalue weighted by molar-refractivity contribution is 6.31. The van der Waals surface area contributed by atoms with Gasteiger partial charge in [0.2, 0.25) is 0 Å². The van der Waals surface area contributed by atoms with Gasteiger partial charge >= 0.3 is 0 Å². The van der Waals surface area contributed by atoms with Crippen LogP contribution in [0.3, 0.4) is 0 Å². The highest BCUT2D eigenvalue weighted by Crippen LogP contribution is 2.35. The Hall–Kier alpha value is -1.38. The van der Waals surface area contributed by atoms with Crippen LogP contribution in [0.4, 0.5) is 4.39 Å². The molecule has 0 spiro atoms. The summed E-state index contributed by atoms with van der Waals surface area (Å²) in [4.78, 5) is 0. The van der Waals surface area contributed by atoms with E-state index in [0.29, 0.717) is 16.1 Å². The quantitative estimate of drug-likeness (QED) is 0.866. The molecular weight excluding hydrogens is 263 g/mol. The third-order valence-electron chi connectivity index (χ3n) is 3.24. The molecular formula is C16H16ClFO. The first kappa shape index (κ1) is 14.0. The Kier molecular flexibility index (Phi) is 3.66. The van der Waals surface area contributed by atoms with Gasteiger partial charge in [-0.3, -0.25) is 0 Å². The van der Waals surface area contributed by atoms with Gasteiger partial charge < -0.3 is 5.11 Å². The molecule has 0 saturated heterocycles. The van der Waals surface area contributed by atoms with E-state index in [0.717, 1.165) is 11.1 Å². The molecule has 0 radical (unpaired) electrons. The molecule has 0 aliphatic heterocycles. The summed E-state index contributed by atoms with van der Waals surface area (Å²) >= 11 is 6.08. The lowest BCUT2D eigenvalue weighted by molar-refractivity contribution is 0.102. The van der Waals surface area contributed by atoms with E-state index in [1.165, 1.54) is 18.2 Å². The van der Waals surface area contributed by atoms with Crippen molar-refractivity contribution in [2.24, 2.45) is 0 Å². The lowest BCUT2D eigenvalue weighted by Crippen LogP contribution is -2.23. The minimum Gasteiger partial charge on any atom is -0.381 e. The van der Waals surface area contributed by atoms with Crippen LogP contribution in [0, 0.1) is 19.7 Å². The van der Waals surface area contributed by atoms with Crippen LogP contribution in [0.2, 0.25) is 5.02 Å². The maximum Gasteiger partial charge on any atom is 0.123 e. The summed E-state index contributed by atoms with van der Waals surface area (Å²) in [6, 6.07) is 9.81. The highest BCUT2D eigenvalue weighted by atomic mass is 35.5. The van der Waals surface area contributed by atoms with E-state index >= 15 is 0 Å². The number of hydrogen-bond donors (Lipinski definition) is 1. The molecule has 0 aliphatic rings. The lowest BCUT2D eigenvalue weighted by atomic mass is 9.86. The summed E-state index contributed by atoms with van der Waals surface area (Å²) < 4.78 is 13.4. The van der Waals surface area contributed by atoms with Crippen LogP contribution < -0.4 is 0 Å².